The van der Waals surface area contributed by atoms with E-state index in [2.05, 4.69) is 35.3 Å². The number of allylic oxidation sites excluding steroid dienone is 1. The van der Waals surface area contributed by atoms with Crippen LogP contribution in [0.3, 0.4) is 0 Å². The third-order valence-electron chi connectivity index (χ3n) is 3.29. The van der Waals surface area contributed by atoms with Gasteiger partial charge in [0.2, 0.25) is 0 Å². The molecule has 0 amide bonds. The van der Waals surface area contributed by atoms with Crippen molar-refractivity contribution in [1.29, 1.82) is 0 Å². The molecule has 0 radical (unpaired) electrons. The molecule has 2 nitrogen and oxygen atoms in total. The zero-order valence-electron chi connectivity index (χ0n) is 12.0. The number of hydrogen-bond donors (Lipinski definition) is 0. The molecule has 1 heterocycles. The number of nitrogens with zero attached hydrogens (tertiary/aromatic N) is 1. The van der Waals surface area contributed by atoms with Crippen LogP contribution in [-0.2, 0) is 6.61 Å². The number of fused-ring (bicyclic) bond motifs is 1. The van der Waals surface area contributed by atoms with Crippen molar-refractivity contribution in [3.63, 3.8) is 0 Å². The third kappa shape index (κ3) is 3.11. The lowest BCUT2D eigenvalue weighted by Crippen LogP contribution is -1.97. The van der Waals surface area contributed by atoms with E-state index >= 15 is 0 Å². The molecule has 2 heteroatoms. The second kappa shape index (κ2) is 6.23. The van der Waals surface area contributed by atoms with Crippen LogP contribution >= 0.6 is 0 Å². The van der Waals surface area contributed by atoms with Crippen LogP contribution in [0.4, 0.5) is 0 Å². The van der Waals surface area contributed by atoms with Crippen molar-refractivity contribution in [2.45, 2.75) is 13.5 Å². The van der Waals surface area contributed by atoms with E-state index in [4.69, 9.17) is 4.74 Å². The molecule has 0 aliphatic rings. The maximum Gasteiger partial charge on any atom is 0.146 e. The number of rotatable bonds is 4. The highest BCUT2D eigenvalue weighted by atomic mass is 16.5. The molecular weight excluding hydrogens is 258 g/mol. The summed E-state index contributed by atoms with van der Waals surface area (Å²) in [6, 6.07) is 18.3. The highest BCUT2D eigenvalue weighted by molar-refractivity contribution is 5.86. The Hall–Kier alpha value is -2.61. The Morgan fingerprint density at radius 2 is 1.90 bits per heavy atom. The predicted molar refractivity (Wildman–Crippen MR) is 87.2 cm³/mol. The number of ether oxygens (including phenoxy) is 1. The largest absolute Gasteiger partial charge is 0.487 e. The van der Waals surface area contributed by atoms with E-state index in [-0.39, 0.29) is 0 Å². The molecule has 0 bridgehead atoms. The van der Waals surface area contributed by atoms with Gasteiger partial charge in [0.05, 0.1) is 0 Å². The fraction of sp³-hybridized carbons (Fsp3) is 0.105. The SMILES string of the molecule is CC=Cc1cc(OCc2ccccc2)c2ncccc2c1. The zero-order valence-corrected chi connectivity index (χ0v) is 12.0. The van der Waals surface area contributed by atoms with Gasteiger partial charge in [0.15, 0.2) is 0 Å². The molecule has 0 unspecified atom stereocenters. The fourth-order valence-electron chi connectivity index (χ4n) is 2.32. The second-order valence-corrected chi connectivity index (χ2v) is 4.87. The molecule has 1 aromatic heterocycles. The molecule has 0 atom stereocenters. The molecule has 0 saturated carbocycles. The molecule has 0 aliphatic carbocycles. The summed E-state index contributed by atoms with van der Waals surface area (Å²) >= 11 is 0. The summed E-state index contributed by atoms with van der Waals surface area (Å²) in [5.41, 5.74) is 3.18. The Morgan fingerprint density at radius 1 is 1.05 bits per heavy atom. The molecule has 21 heavy (non-hydrogen) atoms. The van der Waals surface area contributed by atoms with Gasteiger partial charge in [-0.2, -0.15) is 0 Å². The minimum absolute atomic E-state index is 0.547. The van der Waals surface area contributed by atoms with Gasteiger partial charge in [0, 0.05) is 11.6 Å². The summed E-state index contributed by atoms with van der Waals surface area (Å²) in [6.07, 6.45) is 5.90. The van der Waals surface area contributed by atoms with Crippen molar-refractivity contribution < 1.29 is 4.74 Å². The topological polar surface area (TPSA) is 22.1 Å². The molecule has 0 aliphatic heterocycles. The Bertz CT molecular complexity index is 763. The summed E-state index contributed by atoms with van der Waals surface area (Å²) in [5.74, 6) is 0.824. The van der Waals surface area contributed by atoms with Crippen LogP contribution in [-0.4, -0.2) is 4.98 Å². The monoisotopic (exact) mass is 275 g/mol. The molecule has 0 spiro atoms. The van der Waals surface area contributed by atoms with Gasteiger partial charge in [-0.15, -0.1) is 0 Å². The number of aromatic nitrogens is 1. The Balaban J connectivity index is 1.96. The van der Waals surface area contributed by atoms with E-state index in [1.807, 2.05) is 43.3 Å². The van der Waals surface area contributed by atoms with E-state index in [1.54, 1.807) is 6.20 Å². The summed E-state index contributed by atoms with van der Waals surface area (Å²) in [7, 11) is 0. The maximum atomic E-state index is 6.00. The summed E-state index contributed by atoms with van der Waals surface area (Å²) in [5, 5.41) is 1.09. The van der Waals surface area contributed by atoms with Crippen molar-refractivity contribution in [1.82, 2.24) is 4.98 Å². The van der Waals surface area contributed by atoms with E-state index in [0.717, 1.165) is 27.8 Å². The van der Waals surface area contributed by atoms with Crippen LogP contribution in [0.2, 0.25) is 0 Å². The van der Waals surface area contributed by atoms with E-state index in [1.165, 1.54) is 0 Å². The van der Waals surface area contributed by atoms with Crippen LogP contribution in [0, 0.1) is 0 Å². The van der Waals surface area contributed by atoms with E-state index < -0.39 is 0 Å². The molecule has 0 N–H and O–H groups in total. The van der Waals surface area contributed by atoms with Crippen molar-refractivity contribution in [3.8, 4) is 5.75 Å². The van der Waals surface area contributed by atoms with Crippen molar-refractivity contribution >= 4 is 17.0 Å². The van der Waals surface area contributed by atoms with Gasteiger partial charge in [-0.1, -0.05) is 48.6 Å². The summed E-state index contributed by atoms with van der Waals surface area (Å²) in [6.45, 7) is 2.56. The lowest BCUT2D eigenvalue weighted by molar-refractivity contribution is 0.309. The summed E-state index contributed by atoms with van der Waals surface area (Å²) in [4.78, 5) is 4.45. The molecule has 3 aromatic rings. The minimum Gasteiger partial charge on any atom is -0.487 e. The molecule has 0 fully saturated rings. The number of benzene rings is 2. The standard InChI is InChI=1S/C19H17NO/c1-2-7-16-12-17-10-6-11-20-19(17)18(13-16)21-14-15-8-4-3-5-9-15/h2-13H,14H2,1H3. The van der Waals surface area contributed by atoms with Crippen molar-refractivity contribution in [2.75, 3.05) is 0 Å². The average molecular weight is 275 g/mol. The first kappa shape index (κ1) is 13.4. The highest BCUT2D eigenvalue weighted by Gasteiger charge is 2.05. The quantitative estimate of drug-likeness (QED) is 0.679. The van der Waals surface area contributed by atoms with Gasteiger partial charge in [-0.05, 0) is 36.2 Å². The first-order valence-electron chi connectivity index (χ1n) is 7.05. The van der Waals surface area contributed by atoms with Gasteiger partial charge in [-0.25, -0.2) is 0 Å². The smallest absolute Gasteiger partial charge is 0.146 e. The van der Waals surface area contributed by atoms with Gasteiger partial charge in [0.25, 0.3) is 0 Å². The van der Waals surface area contributed by atoms with Crippen LogP contribution < -0.4 is 4.74 Å². The second-order valence-electron chi connectivity index (χ2n) is 4.87. The molecule has 0 saturated heterocycles. The molecule has 2 aromatic carbocycles. The molecule has 3 rings (SSSR count). The average Bonchev–Trinajstić information content (AvgIpc) is 2.54. The van der Waals surface area contributed by atoms with Crippen molar-refractivity contribution in [3.05, 3.63) is 78.0 Å². The first-order chi connectivity index (χ1) is 10.4. The third-order valence-corrected chi connectivity index (χ3v) is 3.29. The van der Waals surface area contributed by atoms with Gasteiger partial charge in [-0.3, -0.25) is 4.98 Å². The minimum atomic E-state index is 0.547. The lowest BCUT2D eigenvalue weighted by atomic mass is 10.1. The van der Waals surface area contributed by atoms with Crippen molar-refractivity contribution in [2.24, 2.45) is 0 Å². The predicted octanol–water partition coefficient (Wildman–Crippen LogP) is 4.85. The van der Waals surface area contributed by atoms with Gasteiger partial charge in [0.1, 0.15) is 17.9 Å². The fourth-order valence-corrected chi connectivity index (χ4v) is 2.32. The zero-order chi connectivity index (χ0) is 14.5. The number of hydrogen-bond acceptors (Lipinski definition) is 2. The van der Waals surface area contributed by atoms with Crippen LogP contribution in [0.5, 0.6) is 5.75 Å². The van der Waals surface area contributed by atoms with Gasteiger partial charge >= 0.3 is 0 Å². The van der Waals surface area contributed by atoms with E-state index in [9.17, 15) is 0 Å². The Morgan fingerprint density at radius 3 is 2.71 bits per heavy atom. The summed E-state index contributed by atoms with van der Waals surface area (Å²) < 4.78 is 6.00. The van der Waals surface area contributed by atoms with Crippen LogP contribution in [0.15, 0.2) is 66.9 Å². The van der Waals surface area contributed by atoms with Crippen LogP contribution in [0.25, 0.3) is 17.0 Å². The van der Waals surface area contributed by atoms with Crippen LogP contribution in [0.1, 0.15) is 18.1 Å². The number of pyridine rings is 1. The van der Waals surface area contributed by atoms with Gasteiger partial charge < -0.3 is 4.74 Å². The normalized spacial score (nSPS) is 11.1. The Labute approximate surface area is 124 Å². The highest BCUT2D eigenvalue weighted by Crippen LogP contribution is 2.27. The van der Waals surface area contributed by atoms with E-state index in [0.29, 0.717) is 6.61 Å². The maximum absolute atomic E-state index is 6.00. The Kier molecular flexibility index (Phi) is 3.97. The molecule has 104 valence electrons. The first-order valence-corrected chi connectivity index (χ1v) is 7.05. The molecular formula is C19H17NO. The lowest BCUT2D eigenvalue weighted by Gasteiger charge is -2.10.